The molecule has 1 aliphatic rings. The Balaban J connectivity index is 2.26. The summed E-state index contributed by atoms with van der Waals surface area (Å²) in [5.41, 5.74) is 5.51. The minimum absolute atomic E-state index is 0.241. The second-order valence-electron chi connectivity index (χ2n) is 4.71. The molecule has 2 heterocycles. The quantitative estimate of drug-likeness (QED) is 0.817. The van der Waals surface area contributed by atoms with Gasteiger partial charge in [-0.25, -0.2) is 0 Å². The van der Waals surface area contributed by atoms with Crippen LogP contribution in [0, 0.1) is 6.92 Å². The van der Waals surface area contributed by atoms with E-state index in [-0.39, 0.29) is 6.61 Å². The Morgan fingerprint density at radius 2 is 2.19 bits per heavy atom. The van der Waals surface area contributed by atoms with Crippen molar-refractivity contribution in [2.75, 3.05) is 6.61 Å². The Kier molecular flexibility index (Phi) is 2.25. The van der Waals surface area contributed by atoms with Crippen LogP contribution >= 0.6 is 0 Å². The van der Waals surface area contributed by atoms with Gasteiger partial charge in [-0.2, -0.15) is 0 Å². The number of rotatable bonds is 2. The minimum Gasteiger partial charge on any atom is -0.396 e. The van der Waals surface area contributed by atoms with Gasteiger partial charge in [0.2, 0.25) is 0 Å². The van der Waals surface area contributed by atoms with E-state index in [9.17, 15) is 0 Å². The molecule has 0 saturated heterocycles. The van der Waals surface area contributed by atoms with Crippen LogP contribution in [-0.2, 0) is 19.4 Å². The lowest BCUT2D eigenvalue weighted by Gasteiger charge is -2.18. The largest absolute Gasteiger partial charge is 0.396 e. The molecule has 2 aromatic rings. The highest BCUT2D eigenvalue weighted by Crippen LogP contribution is 2.29. The first kappa shape index (κ1) is 9.91. The van der Waals surface area contributed by atoms with Gasteiger partial charge in [0.25, 0.3) is 0 Å². The van der Waals surface area contributed by atoms with E-state index in [2.05, 4.69) is 29.7 Å². The lowest BCUT2D eigenvalue weighted by molar-refractivity contribution is 0.299. The molecule has 0 aliphatic carbocycles. The summed E-state index contributed by atoms with van der Waals surface area (Å²) in [5, 5.41) is 10.4. The Bertz CT molecular complexity index is 539. The third-order valence-corrected chi connectivity index (χ3v) is 3.57. The summed E-state index contributed by atoms with van der Waals surface area (Å²) in [6.45, 7) is 3.58. The van der Waals surface area contributed by atoms with Gasteiger partial charge in [0.15, 0.2) is 0 Å². The monoisotopic (exact) mass is 215 g/mol. The number of aryl methyl sites for hydroxylation is 3. The van der Waals surface area contributed by atoms with Crippen LogP contribution in [0.1, 0.15) is 23.2 Å². The molecule has 0 spiro atoms. The first-order valence-electron chi connectivity index (χ1n) is 6.02. The lowest BCUT2D eigenvalue weighted by atomic mass is 9.99. The first-order chi connectivity index (χ1) is 7.79. The van der Waals surface area contributed by atoms with Crippen molar-refractivity contribution in [1.82, 2.24) is 4.57 Å². The summed E-state index contributed by atoms with van der Waals surface area (Å²) in [5.74, 6) is 0. The van der Waals surface area contributed by atoms with Crippen molar-refractivity contribution in [1.29, 1.82) is 0 Å². The van der Waals surface area contributed by atoms with E-state index >= 15 is 0 Å². The molecule has 3 rings (SSSR count). The van der Waals surface area contributed by atoms with Crippen LogP contribution in [0.5, 0.6) is 0 Å². The zero-order chi connectivity index (χ0) is 11.1. The summed E-state index contributed by atoms with van der Waals surface area (Å²) in [7, 11) is 0. The van der Waals surface area contributed by atoms with Crippen molar-refractivity contribution in [2.24, 2.45) is 0 Å². The smallest absolute Gasteiger partial charge is 0.0515 e. The lowest BCUT2D eigenvalue weighted by Crippen LogP contribution is -2.09. The molecule has 0 radical (unpaired) electrons. The van der Waals surface area contributed by atoms with Crippen molar-refractivity contribution < 1.29 is 5.11 Å². The van der Waals surface area contributed by atoms with E-state index in [0.29, 0.717) is 0 Å². The summed E-state index contributed by atoms with van der Waals surface area (Å²) in [6, 6.07) is 6.77. The summed E-state index contributed by atoms with van der Waals surface area (Å²) in [6.07, 6.45) is 3.19. The second kappa shape index (κ2) is 3.63. The maximum Gasteiger partial charge on any atom is 0.0515 e. The number of aliphatic hydroxyl groups is 1. The van der Waals surface area contributed by atoms with Crippen LogP contribution in [0.25, 0.3) is 10.9 Å². The van der Waals surface area contributed by atoms with Gasteiger partial charge in [0, 0.05) is 24.2 Å². The van der Waals surface area contributed by atoms with Crippen LogP contribution in [0.2, 0.25) is 0 Å². The molecule has 1 aliphatic heterocycles. The van der Waals surface area contributed by atoms with Gasteiger partial charge in [-0.05, 0) is 49.4 Å². The molecule has 1 N–H and O–H groups in total. The molecule has 1 aromatic carbocycles. The Morgan fingerprint density at radius 1 is 1.31 bits per heavy atom. The van der Waals surface area contributed by atoms with E-state index in [1.165, 1.54) is 40.6 Å². The van der Waals surface area contributed by atoms with Crippen molar-refractivity contribution >= 4 is 10.9 Å². The van der Waals surface area contributed by atoms with Crippen LogP contribution in [0.4, 0.5) is 0 Å². The molecular formula is C14H17NO. The SMILES string of the molecule is Cc1cc2cc(CCO)cc3c2n1CCC3. The minimum atomic E-state index is 0.241. The van der Waals surface area contributed by atoms with Crippen molar-refractivity contribution in [3.63, 3.8) is 0 Å². The Hall–Kier alpha value is -1.28. The predicted octanol–water partition coefficient (Wildman–Crippen LogP) is 2.43. The molecule has 0 unspecified atom stereocenters. The predicted molar refractivity (Wildman–Crippen MR) is 65.8 cm³/mol. The van der Waals surface area contributed by atoms with Gasteiger partial charge in [-0.3, -0.25) is 0 Å². The molecule has 1 aromatic heterocycles. The second-order valence-corrected chi connectivity index (χ2v) is 4.71. The van der Waals surface area contributed by atoms with E-state index in [0.717, 1.165) is 13.0 Å². The molecule has 2 heteroatoms. The molecule has 2 nitrogen and oxygen atoms in total. The molecule has 84 valence electrons. The van der Waals surface area contributed by atoms with Gasteiger partial charge in [-0.1, -0.05) is 6.07 Å². The number of aliphatic hydroxyl groups excluding tert-OH is 1. The fourth-order valence-electron chi connectivity index (χ4n) is 2.89. The van der Waals surface area contributed by atoms with Gasteiger partial charge in [0.1, 0.15) is 0 Å². The standard InChI is InChI=1S/C14H17NO/c1-10-7-13-9-11(4-6-16)8-12-3-2-5-15(10)14(12)13/h7-9,16H,2-6H2,1H3. The van der Waals surface area contributed by atoms with Crippen LogP contribution in [0.15, 0.2) is 18.2 Å². The molecule has 0 saturated carbocycles. The van der Waals surface area contributed by atoms with Crippen LogP contribution in [-0.4, -0.2) is 16.3 Å². The van der Waals surface area contributed by atoms with Crippen molar-refractivity contribution in [2.45, 2.75) is 32.7 Å². The van der Waals surface area contributed by atoms with Gasteiger partial charge in [-0.15, -0.1) is 0 Å². The number of aromatic nitrogens is 1. The number of nitrogens with zero attached hydrogens (tertiary/aromatic N) is 1. The van der Waals surface area contributed by atoms with E-state index < -0.39 is 0 Å². The summed E-state index contributed by atoms with van der Waals surface area (Å²) >= 11 is 0. The zero-order valence-corrected chi connectivity index (χ0v) is 9.66. The Labute approximate surface area is 95.5 Å². The molecular weight excluding hydrogens is 198 g/mol. The third kappa shape index (κ3) is 1.37. The molecule has 0 bridgehead atoms. The average molecular weight is 215 g/mol. The molecule has 16 heavy (non-hydrogen) atoms. The van der Waals surface area contributed by atoms with Crippen molar-refractivity contribution in [3.05, 3.63) is 35.0 Å². The fourth-order valence-corrected chi connectivity index (χ4v) is 2.89. The Morgan fingerprint density at radius 3 is 3.00 bits per heavy atom. The highest BCUT2D eigenvalue weighted by Gasteiger charge is 2.15. The van der Waals surface area contributed by atoms with Gasteiger partial charge >= 0.3 is 0 Å². The number of hydrogen-bond acceptors (Lipinski definition) is 1. The normalized spacial score (nSPS) is 14.6. The van der Waals surface area contributed by atoms with Crippen LogP contribution < -0.4 is 0 Å². The van der Waals surface area contributed by atoms with E-state index in [1.807, 2.05) is 0 Å². The summed E-state index contributed by atoms with van der Waals surface area (Å²) in [4.78, 5) is 0. The maximum atomic E-state index is 9.02. The van der Waals surface area contributed by atoms with E-state index in [4.69, 9.17) is 5.11 Å². The topological polar surface area (TPSA) is 25.2 Å². The number of benzene rings is 1. The average Bonchev–Trinajstić information content (AvgIpc) is 2.58. The van der Waals surface area contributed by atoms with Gasteiger partial charge in [0.05, 0.1) is 5.52 Å². The first-order valence-corrected chi connectivity index (χ1v) is 6.02. The van der Waals surface area contributed by atoms with Crippen LogP contribution in [0.3, 0.4) is 0 Å². The summed E-state index contributed by atoms with van der Waals surface area (Å²) < 4.78 is 2.43. The third-order valence-electron chi connectivity index (χ3n) is 3.57. The zero-order valence-electron chi connectivity index (χ0n) is 9.66. The molecule has 0 atom stereocenters. The molecule has 0 fully saturated rings. The number of hydrogen-bond donors (Lipinski definition) is 1. The maximum absolute atomic E-state index is 9.02. The fraction of sp³-hybridized carbons (Fsp3) is 0.429. The van der Waals surface area contributed by atoms with E-state index in [1.54, 1.807) is 0 Å². The van der Waals surface area contributed by atoms with Crippen molar-refractivity contribution in [3.8, 4) is 0 Å². The highest BCUT2D eigenvalue weighted by atomic mass is 16.2. The molecule has 0 amide bonds. The van der Waals surface area contributed by atoms with Gasteiger partial charge < -0.3 is 9.67 Å². The highest BCUT2D eigenvalue weighted by molar-refractivity contribution is 5.85.